The zero-order valence-corrected chi connectivity index (χ0v) is 27.2. The SMILES string of the molecule is O=C(NCCO)[C@H]1CCCN1C(=O)[C@@]12C[C@H]3OC(=O)[C@@H]1N(Cc1ccccc1C=CCO[C@H]1O[C@H](CO)[C@H](O)[C@H](O)[C@H]1O)O[C@@H]2[C@H]1OCO[C@H]13. The van der Waals surface area contributed by atoms with E-state index in [-0.39, 0.29) is 51.3 Å². The van der Waals surface area contributed by atoms with E-state index in [1.807, 2.05) is 24.3 Å². The van der Waals surface area contributed by atoms with Gasteiger partial charge in [0, 0.05) is 19.5 Å². The van der Waals surface area contributed by atoms with E-state index in [4.69, 9.17) is 28.5 Å². The lowest BCUT2D eigenvalue weighted by Gasteiger charge is -2.50. The molecule has 0 spiro atoms. The number of carbonyl (C=O) groups is 3. The minimum Gasteiger partial charge on any atom is -0.458 e. The zero-order chi connectivity index (χ0) is 35.2. The lowest BCUT2D eigenvalue weighted by Crippen LogP contribution is -2.70. The summed E-state index contributed by atoms with van der Waals surface area (Å²) < 4.78 is 28.6. The van der Waals surface area contributed by atoms with Gasteiger partial charge in [0.25, 0.3) is 0 Å². The topological polar surface area (TPSA) is 226 Å². The summed E-state index contributed by atoms with van der Waals surface area (Å²) in [5.74, 6) is -1.38. The fourth-order valence-corrected chi connectivity index (χ4v) is 8.20. The van der Waals surface area contributed by atoms with E-state index >= 15 is 0 Å². The average molecular weight is 706 g/mol. The lowest BCUT2D eigenvalue weighted by molar-refractivity contribution is -0.298. The van der Waals surface area contributed by atoms with Crippen molar-refractivity contribution in [2.75, 3.05) is 39.7 Å². The third-order valence-electron chi connectivity index (χ3n) is 10.6. The highest BCUT2D eigenvalue weighted by Gasteiger charge is 2.75. The summed E-state index contributed by atoms with van der Waals surface area (Å²) in [5.41, 5.74) is 0.0401. The number of carbonyl (C=O) groups excluding carboxylic acids is 3. The molecule has 12 atom stereocenters. The fraction of sp³-hybridized carbons (Fsp3) is 0.667. The number of likely N-dealkylation sites (tertiary alicyclic amines) is 1. The molecule has 5 heterocycles. The first-order valence-electron chi connectivity index (χ1n) is 16.9. The highest BCUT2D eigenvalue weighted by molar-refractivity contribution is 5.96. The number of hydrogen-bond acceptors (Lipinski definition) is 15. The summed E-state index contributed by atoms with van der Waals surface area (Å²) in [7, 11) is 0. The van der Waals surface area contributed by atoms with Crippen LogP contribution in [0.5, 0.6) is 0 Å². The van der Waals surface area contributed by atoms with Crippen LogP contribution in [0.4, 0.5) is 0 Å². The fourth-order valence-electron chi connectivity index (χ4n) is 8.20. The molecule has 5 aliphatic heterocycles. The zero-order valence-electron chi connectivity index (χ0n) is 27.2. The van der Waals surface area contributed by atoms with Crippen molar-refractivity contribution >= 4 is 23.9 Å². The van der Waals surface area contributed by atoms with Crippen LogP contribution < -0.4 is 5.32 Å². The molecule has 50 heavy (non-hydrogen) atoms. The first-order chi connectivity index (χ1) is 24.2. The normalized spacial score (nSPS) is 39.5. The number of hydroxylamine groups is 2. The van der Waals surface area contributed by atoms with Crippen LogP contribution in [0.1, 0.15) is 30.4 Å². The molecule has 5 saturated heterocycles. The first-order valence-corrected chi connectivity index (χ1v) is 16.9. The number of esters is 1. The Morgan fingerprint density at radius 3 is 2.68 bits per heavy atom. The highest BCUT2D eigenvalue weighted by atomic mass is 16.8. The predicted molar refractivity (Wildman–Crippen MR) is 166 cm³/mol. The number of nitrogens with one attached hydrogen (secondary N) is 1. The number of fused-ring (bicyclic) bond motifs is 4. The van der Waals surface area contributed by atoms with Crippen molar-refractivity contribution in [1.82, 2.24) is 15.3 Å². The number of amides is 2. The van der Waals surface area contributed by atoms with Crippen LogP contribution in [-0.2, 0) is 49.5 Å². The van der Waals surface area contributed by atoms with E-state index in [0.717, 1.165) is 11.1 Å². The van der Waals surface area contributed by atoms with Gasteiger partial charge in [0.2, 0.25) is 11.8 Å². The molecule has 1 aliphatic carbocycles. The van der Waals surface area contributed by atoms with Crippen molar-refractivity contribution in [3.63, 3.8) is 0 Å². The first kappa shape index (κ1) is 35.3. The summed E-state index contributed by atoms with van der Waals surface area (Å²) in [6.45, 7) is -0.469. The van der Waals surface area contributed by atoms with Gasteiger partial charge in [-0.15, -0.1) is 0 Å². The Morgan fingerprint density at radius 2 is 1.88 bits per heavy atom. The molecule has 6 N–H and O–H groups in total. The second-order valence-electron chi connectivity index (χ2n) is 13.4. The summed E-state index contributed by atoms with van der Waals surface area (Å²) in [4.78, 5) is 49.7. The molecule has 274 valence electrons. The third-order valence-corrected chi connectivity index (χ3v) is 10.6. The van der Waals surface area contributed by atoms with Crippen molar-refractivity contribution in [2.24, 2.45) is 5.41 Å². The number of hydrogen-bond donors (Lipinski definition) is 6. The molecule has 6 fully saturated rings. The quantitative estimate of drug-likeness (QED) is 0.128. The van der Waals surface area contributed by atoms with Gasteiger partial charge in [0.05, 0.1) is 26.4 Å². The Labute approximate surface area is 287 Å². The maximum atomic E-state index is 14.8. The van der Waals surface area contributed by atoms with Crippen LogP contribution in [0.25, 0.3) is 6.08 Å². The summed E-state index contributed by atoms with van der Waals surface area (Å²) in [5, 5.41) is 53.1. The number of benzene rings is 1. The Balaban J connectivity index is 1.12. The van der Waals surface area contributed by atoms with Gasteiger partial charge in [-0.05, 0) is 24.0 Å². The van der Waals surface area contributed by atoms with Crippen LogP contribution in [0.15, 0.2) is 30.3 Å². The van der Waals surface area contributed by atoms with Crippen molar-refractivity contribution in [1.29, 1.82) is 0 Å². The van der Waals surface area contributed by atoms with Gasteiger partial charge < -0.3 is 59.4 Å². The number of aliphatic hydroxyl groups excluding tert-OH is 5. The largest absolute Gasteiger partial charge is 0.458 e. The molecule has 2 bridgehead atoms. The van der Waals surface area contributed by atoms with E-state index in [1.54, 1.807) is 12.2 Å². The van der Waals surface area contributed by atoms with Gasteiger partial charge in [0.1, 0.15) is 67.1 Å². The lowest BCUT2D eigenvalue weighted by atomic mass is 9.62. The Kier molecular flexibility index (Phi) is 10.3. The molecule has 1 saturated carbocycles. The number of nitrogens with zero attached hydrogens (tertiary/aromatic N) is 2. The number of ether oxygens (including phenoxy) is 5. The minimum absolute atomic E-state index is 0.0487. The molecule has 6 aliphatic rings. The van der Waals surface area contributed by atoms with Crippen molar-refractivity contribution < 1.29 is 68.4 Å². The third kappa shape index (κ3) is 6.03. The second kappa shape index (κ2) is 14.5. The van der Waals surface area contributed by atoms with Crippen LogP contribution in [-0.4, -0.2) is 160 Å². The maximum absolute atomic E-state index is 14.8. The van der Waals surface area contributed by atoms with E-state index in [2.05, 4.69) is 5.32 Å². The minimum atomic E-state index is -1.56. The molecule has 17 heteroatoms. The van der Waals surface area contributed by atoms with Crippen LogP contribution in [0.2, 0.25) is 0 Å². The van der Waals surface area contributed by atoms with Crippen LogP contribution >= 0.6 is 0 Å². The van der Waals surface area contributed by atoms with Gasteiger partial charge in [-0.3, -0.25) is 19.2 Å². The van der Waals surface area contributed by atoms with Crippen molar-refractivity contribution in [3.8, 4) is 0 Å². The van der Waals surface area contributed by atoms with Crippen LogP contribution in [0.3, 0.4) is 0 Å². The monoisotopic (exact) mass is 705 g/mol. The Morgan fingerprint density at radius 1 is 1.08 bits per heavy atom. The summed E-state index contributed by atoms with van der Waals surface area (Å²) in [6.07, 6.45) is -5.35. The van der Waals surface area contributed by atoms with Crippen molar-refractivity contribution in [3.05, 3.63) is 41.5 Å². The Bertz CT molecular complexity index is 1460. The molecule has 17 nitrogen and oxygen atoms in total. The predicted octanol–water partition coefficient (Wildman–Crippen LogP) is -2.84. The smallest absolute Gasteiger partial charge is 0.327 e. The van der Waals surface area contributed by atoms with Gasteiger partial charge in [-0.1, -0.05) is 36.4 Å². The molecule has 2 amide bonds. The molecule has 0 aromatic heterocycles. The summed E-state index contributed by atoms with van der Waals surface area (Å²) in [6, 6.07) is 5.41. The molecule has 0 radical (unpaired) electrons. The Hall–Kier alpha value is -3.07. The standard InChI is InChI=1S/C33H43N3O14/c37-11-9-34-29(42)19-8-3-10-35(19)32(44)33-13-20-25-26(47-16-46-25)28(33)50-36(27(33)30(43)48-20)14-18-6-2-1-5-17(18)7-4-12-45-31-24(41)23(40)22(39)21(15-38)49-31/h1-2,4-7,19-28,31,37-41H,3,8-16H2,(H,34,42)/t19-,20-,21-,22+,23+,24-,25+,26+,27+,28-,31+,33+/m1/s1. The van der Waals surface area contributed by atoms with E-state index in [9.17, 15) is 39.9 Å². The average Bonchev–Trinajstić information content (AvgIpc) is 3.88. The second-order valence-corrected chi connectivity index (χ2v) is 13.4. The molecule has 1 aromatic carbocycles. The number of rotatable bonds is 11. The maximum Gasteiger partial charge on any atom is 0.327 e. The summed E-state index contributed by atoms with van der Waals surface area (Å²) >= 11 is 0. The molecule has 7 rings (SSSR count). The van der Waals surface area contributed by atoms with Crippen molar-refractivity contribution in [2.45, 2.75) is 93.0 Å². The number of aliphatic hydroxyl groups is 5. The van der Waals surface area contributed by atoms with E-state index in [1.165, 1.54) is 9.96 Å². The molecule has 1 aromatic rings. The molecule has 0 unspecified atom stereocenters. The highest BCUT2D eigenvalue weighted by Crippen LogP contribution is 2.56. The molecular formula is C33H43N3O14. The molecular weight excluding hydrogens is 662 g/mol. The van der Waals surface area contributed by atoms with Gasteiger partial charge in [-0.25, -0.2) is 0 Å². The van der Waals surface area contributed by atoms with Gasteiger partial charge >= 0.3 is 5.97 Å². The van der Waals surface area contributed by atoms with Crippen LogP contribution in [0, 0.1) is 5.41 Å². The van der Waals surface area contributed by atoms with E-state index in [0.29, 0.717) is 19.4 Å². The van der Waals surface area contributed by atoms with Gasteiger partial charge in [-0.2, -0.15) is 5.06 Å². The van der Waals surface area contributed by atoms with Gasteiger partial charge in [0.15, 0.2) is 12.3 Å². The van der Waals surface area contributed by atoms with E-state index < -0.39 is 85.2 Å².